The Morgan fingerprint density at radius 3 is 2.74 bits per heavy atom. The average Bonchev–Trinajstić information content (AvgIpc) is 3.24. The highest BCUT2D eigenvalue weighted by atomic mass is 35.5. The van der Waals surface area contributed by atoms with Crippen LogP contribution in [0.15, 0.2) is 71.0 Å². The number of allylic oxidation sites excluding steroid dienone is 5. The van der Waals surface area contributed by atoms with Gasteiger partial charge in [-0.1, -0.05) is 48.8 Å². The molecule has 184 valence electrons. The Balaban J connectivity index is 1.76. The minimum atomic E-state index is -0.220. The SMILES string of the molecule is C=C(Cl)/C=C(\C=C(\Cl)CC)Cn1ccnc1CN(CCN1CCOCC1)Cc1cccc(F)c1. The zero-order chi connectivity index (χ0) is 24.3. The molecule has 0 N–H and O–H groups in total. The summed E-state index contributed by atoms with van der Waals surface area (Å²) >= 11 is 12.4. The molecule has 0 atom stereocenters. The van der Waals surface area contributed by atoms with E-state index in [0.717, 1.165) is 67.8 Å². The summed E-state index contributed by atoms with van der Waals surface area (Å²) in [4.78, 5) is 9.33. The topological polar surface area (TPSA) is 33.5 Å². The molecule has 1 fully saturated rings. The van der Waals surface area contributed by atoms with E-state index in [1.54, 1.807) is 18.3 Å². The lowest BCUT2D eigenvalue weighted by Gasteiger charge is -2.30. The number of morpholine rings is 1. The first-order valence-electron chi connectivity index (χ1n) is 11.6. The van der Waals surface area contributed by atoms with Gasteiger partial charge in [-0.2, -0.15) is 0 Å². The van der Waals surface area contributed by atoms with Gasteiger partial charge in [-0.3, -0.25) is 9.80 Å². The van der Waals surface area contributed by atoms with E-state index in [0.29, 0.717) is 24.7 Å². The fourth-order valence-electron chi connectivity index (χ4n) is 3.88. The number of nitrogens with zero attached hydrogens (tertiary/aromatic N) is 4. The van der Waals surface area contributed by atoms with Gasteiger partial charge in [-0.15, -0.1) is 0 Å². The number of aromatic nitrogens is 2. The van der Waals surface area contributed by atoms with Crippen molar-refractivity contribution >= 4 is 23.2 Å². The summed E-state index contributed by atoms with van der Waals surface area (Å²) in [6.07, 6.45) is 8.26. The summed E-state index contributed by atoms with van der Waals surface area (Å²) in [6, 6.07) is 6.79. The molecule has 2 aromatic rings. The molecule has 1 aliphatic rings. The Labute approximate surface area is 212 Å². The molecule has 1 aromatic carbocycles. The average molecular weight is 507 g/mol. The molecule has 5 nitrogen and oxygen atoms in total. The molecular weight excluding hydrogens is 474 g/mol. The summed E-state index contributed by atoms with van der Waals surface area (Å²) < 4.78 is 21.4. The Morgan fingerprint density at radius 2 is 2.03 bits per heavy atom. The molecule has 1 aliphatic heterocycles. The number of imidazole rings is 1. The lowest BCUT2D eigenvalue weighted by Crippen LogP contribution is -2.41. The van der Waals surface area contributed by atoms with E-state index in [2.05, 4.69) is 25.9 Å². The van der Waals surface area contributed by atoms with Crippen LogP contribution in [-0.2, 0) is 24.4 Å². The van der Waals surface area contributed by atoms with Crippen LogP contribution in [0.3, 0.4) is 0 Å². The maximum absolute atomic E-state index is 13.8. The fourth-order valence-corrected chi connectivity index (χ4v) is 4.17. The minimum absolute atomic E-state index is 0.220. The van der Waals surface area contributed by atoms with Crippen molar-refractivity contribution in [2.75, 3.05) is 39.4 Å². The van der Waals surface area contributed by atoms with E-state index >= 15 is 0 Å². The monoisotopic (exact) mass is 506 g/mol. The van der Waals surface area contributed by atoms with Crippen LogP contribution in [0.2, 0.25) is 0 Å². The Hall–Kier alpha value is -1.96. The molecule has 8 heteroatoms. The molecule has 2 heterocycles. The molecule has 1 saturated heterocycles. The van der Waals surface area contributed by atoms with Gasteiger partial charge in [-0.25, -0.2) is 9.37 Å². The Morgan fingerprint density at radius 1 is 1.24 bits per heavy atom. The van der Waals surface area contributed by atoms with Gasteiger partial charge in [0.1, 0.15) is 11.6 Å². The zero-order valence-electron chi connectivity index (χ0n) is 19.7. The van der Waals surface area contributed by atoms with Crippen LogP contribution < -0.4 is 0 Å². The number of rotatable bonds is 12. The molecule has 0 saturated carbocycles. The molecule has 0 amide bonds. The van der Waals surface area contributed by atoms with Crippen molar-refractivity contribution in [1.82, 2.24) is 19.4 Å². The standard InChI is InChI=1S/C26H33Cl2FN4O/c1-3-24(28)16-23(15-21(2)27)19-33-8-7-30-26(33)20-32(10-9-31-11-13-34-14-12-31)18-22-5-4-6-25(29)17-22/h4-8,15-17H,2-3,9-14,18-20H2,1H3/b23-15+,24-16+. The summed E-state index contributed by atoms with van der Waals surface area (Å²) in [6.45, 7) is 12.8. The smallest absolute Gasteiger partial charge is 0.123 e. The van der Waals surface area contributed by atoms with Crippen LogP contribution in [0.4, 0.5) is 4.39 Å². The number of ether oxygens (including phenoxy) is 1. The van der Waals surface area contributed by atoms with Gasteiger partial charge < -0.3 is 9.30 Å². The van der Waals surface area contributed by atoms with Gasteiger partial charge >= 0.3 is 0 Å². The third kappa shape index (κ3) is 9.01. The predicted molar refractivity (Wildman–Crippen MR) is 137 cm³/mol. The molecule has 0 spiro atoms. The van der Waals surface area contributed by atoms with Gasteiger partial charge in [0.05, 0.1) is 19.8 Å². The molecule has 0 aliphatic carbocycles. The molecule has 1 aromatic heterocycles. The molecule has 0 bridgehead atoms. The van der Waals surface area contributed by atoms with Gasteiger partial charge in [0.2, 0.25) is 0 Å². The molecular formula is C26H33Cl2FN4O. The van der Waals surface area contributed by atoms with Gasteiger partial charge in [-0.05, 0) is 41.8 Å². The van der Waals surface area contributed by atoms with E-state index in [1.165, 1.54) is 6.07 Å². The summed E-state index contributed by atoms with van der Waals surface area (Å²) in [5, 5.41) is 1.20. The summed E-state index contributed by atoms with van der Waals surface area (Å²) in [7, 11) is 0. The lowest BCUT2D eigenvalue weighted by molar-refractivity contribution is 0.0323. The largest absolute Gasteiger partial charge is 0.379 e. The van der Waals surface area contributed by atoms with Gasteiger partial charge in [0, 0.05) is 61.7 Å². The van der Waals surface area contributed by atoms with Crippen molar-refractivity contribution in [3.63, 3.8) is 0 Å². The normalized spacial score (nSPS) is 15.8. The van der Waals surface area contributed by atoms with Crippen molar-refractivity contribution in [2.24, 2.45) is 0 Å². The van der Waals surface area contributed by atoms with Crippen molar-refractivity contribution in [3.8, 4) is 0 Å². The van der Waals surface area contributed by atoms with Crippen molar-refractivity contribution in [2.45, 2.75) is 33.0 Å². The number of halogens is 3. The first kappa shape index (κ1) is 26.6. The van der Waals surface area contributed by atoms with Crippen LogP contribution in [0.1, 0.15) is 24.7 Å². The second-order valence-corrected chi connectivity index (χ2v) is 9.35. The molecule has 0 unspecified atom stereocenters. The van der Waals surface area contributed by atoms with Crippen LogP contribution >= 0.6 is 23.2 Å². The molecule has 34 heavy (non-hydrogen) atoms. The molecule has 0 radical (unpaired) electrons. The van der Waals surface area contributed by atoms with E-state index in [1.807, 2.05) is 31.3 Å². The highest BCUT2D eigenvalue weighted by Gasteiger charge is 2.16. The van der Waals surface area contributed by atoms with Crippen LogP contribution in [0.5, 0.6) is 0 Å². The van der Waals surface area contributed by atoms with Crippen LogP contribution in [-0.4, -0.2) is 58.7 Å². The lowest BCUT2D eigenvalue weighted by atomic mass is 10.2. The van der Waals surface area contributed by atoms with Crippen molar-refractivity contribution < 1.29 is 9.13 Å². The van der Waals surface area contributed by atoms with Crippen molar-refractivity contribution in [1.29, 1.82) is 0 Å². The summed E-state index contributed by atoms with van der Waals surface area (Å²) in [5.74, 6) is 0.702. The van der Waals surface area contributed by atoms with Gasteiger partial charge in [0.25, 0.3) is 0 Å². The molecule has 3 rings (SSSR count). The summed E-state index contributed by atoms with van der Waals surface area (Å²) in [5.41, 5.74) is 1.90. The quantitative estimate of drug-likeness (QED) is 0.352. The minimum Gasteiger partial charge on any atom is -0.379 e. The fraction of sp³-hybridized carbons (Fsp3) is 0.423. The van der Waals surface area contributed by atoms with Crippen LogP contribution in [0, 0.1) is 5.82 Å². The van der Waals surface area contributed by atoms with Gasteiger partial charge in [0.15, 0.2) is 0 Å². The zero-order valence-corrected chi connectivity index (χ0v) is 21.2. The van der Waals surface area contributed by atoms with E-state index in [9.17, 15) is 4.39 Å². The Bertz CT molecular complexity index is 998. The van der Waals surface area contributed by atoms with Crippen LogP contribution in [0.25, 0.3) is 0 Å². The third-order valence-electron chi connectivity index (χ3n) is 5.67. The second-order valence-electron chi connectivity index (χ2n) is 8.38. The predicted octanol–water partition coefficient (Wildman–Crippen LogP) is 5.57. The van der Waals surface area contributed by atoms with E-state index < -0.39 is 0 Å². The highest BCUT2D eigenvalue weighted by molar-refractivity contribution is 6.31. The van der Waals surface area contributed by atoms with E-state index in [4.69, 9.17) is 27.9 Å². The second kappa shape index (κ2) is 13.8. The van der Waals surface area contributed by atoms with E-state index in [-0.39, 0.29) is 5.82 Å². The Kier molecular flexibility index (Phi) is 10.8. The first-order valence-corrected chi connectivity index (χ1v) is 12.4. The maximum atomic E-state index is 13.8. The number of hydrogen-bond donors (Lipinski definition) is 0. The third-order valence-corrected chi connectivity index (χ3v) is 6.16. The first-order chi connectivity index (χ1) is 16.4. The van der Waals surface area contributed by atoms with Crippen molar-refractivity contribution in [3.05, 3.63) is 88.2 Å². The number of benzene rings is 1. The highest BCUT2D eigenvalue weighted by Crippen LogP contribution is 2.17. The number of hydrogen-bond acceptors (Lipinski definition) is 4. The maximum Gasteiger partial charge on any atom is 0.123 e.